The summed E-state index contributed by atoms with van der Waals surface area (Å²) in [5.74, 6) is -1.19. The van der Waals surface area contributed by atoms with E-state index >= 15 is 0 Å². The van der Waals surface area contributed by atoms with Crippen LogP contribution in [0, 0.1) is 4.91 Å². The van der Waals surface area contributed by atoms with Crippen LogP contribution in [0.15, 0.2) is 23.4 Å². The molecule has 8 heteroatoms. The van der Waals surface area contributed by atoms with Crippen LogP contribution in [0.2, 0.25) is 0 Å². The molecule has 100 valence electrons. The van der Waals surface area contributed by atoms with E-state index in [1.807, 2.05) is 0 Å². The normalized spacial score (nSPS) is 11.1. The summed E-state index contributed by atoms with van der Waals surface area (Å²) in [6.45, 7) is 0. The maximum absolute atomic E-state index is 13.1. The first-order chi connectivity index (χ1) is 8.41. The van der Waals surface area contributed by atoms with Gasteiger partial charge in [-0.15, -0.1) is 0 Å². The molecule has 1 amide bonds. The van der Waals surface area contributed by atoms with Crippen molar-refractivity contribution in [2.24, 2.45) is 5.18 Å². The van der Waals surface area contributed by atoms with Crippen LogP contribution in [0.1, 0.15) is 10.4 Å². The van der Waals surface area contributed by atoms with Crippen LogP contribution >= 0.6 is 0 Å². The number of ether oxygens (including phenoxy) is 2. The quantitative estimate of drug-likeness (QED) is 0.388. The number of hydrogen-bond donors (Lipinski definition) is 0. The number of nitroso groups, excluding NO2 is 1. The van der Waals surface area contributed by atoms with Crippen molar-refractivity contribution in [1.29, 1.82) is 0 Å². The molecule has 1 aromatic carbocycles. The minimum absolute atomic E-state index is 0.129. The average molecular weight is 372 g/mol. The first-order valence-electron chi connectivity index (χ1n) is 4.56. The van der Waals surface area contributed by atoms with Crippen molar-refractivity contribution in [2.75, 3.05) is 12.0 Å². The summed E-state index contributed by atoms with van der Waals surface area (Å²) in [6.07, 6.45) is 0. The van der Waals surface area contributed by atoms with Crippen molar-refractivity contribution in [3.63, 3.8) is 0 Å². The number of hydrogen-bond acceptors (Lipinski definition) is 4. The van der Waals surface area contributed by atoms with Gasteiger partial charge in [0.1, 0.15) is 0 Å². The zero-order valence-corrected chi connectivity index (χ0v) is 11.6. The maximum atomic E-state index is 13.1. The first-order valence-corrected chi connectivity index (χ1v) is 7.79. The summed E-state index contributed by atoms with van der Waals surface area (Å²) < 4.78 is 32.3. The van der Waals surface area contributed by atoms with Crippen LogP contribution in [-0.2, 0) is 0 Å². The van der Waals surface area contributed by atoms with E-state index in [9.17, 15) is 18.5 Å². The van der Waals surface area contributed by atoms with Gasteiger partial charge in [0.15, 0.2) is 0 Å². The predicted octanol–water partition coefficient (Wildman–Crippen LogP) is -0.750. The van der Waals surface area contributed by atoms with Crippen LogP contribution in [0.3, 0.4) is 0 Å². The molecule has 0 aliphatic heterocycles. The van der Waals surface area contributed by atoms with Gasteiger partial charge in [-0.2, -0.15) is 0 Å². The third-order valence-corrected chi connectivity index (χ3v) is 3.38. The van der Waals surface area contributed by atoms with E-state index in [1.165, 1.54) is 24.2 Å². The van der Waals surface area contributed by atoms with Crippen LogP contribution < -0.4 is 30.7 Å². The van der Waals surface area contributed by atoms with Gasteiger partial charge < -0.3 is 0 Å². The van der Waals surface area contributed by atoms with Gasteiger partial charge in [0.25, 0.3) is 0 Å². The van der Waals surface area contributed by atoms with E-state index in [0.29, 0.717) is 0 Å². The van der Waals surface area contributed by atoms with Crippen LogP contribution in [0.5, 0.6) is 11.5 Å². The third kappa shape index (κ3) is 3.86. The molecule has 1 rings (SSSR count). The van der Waals surface area contributed by atoms with Crippen molar-refractivity contribution in [2.45, 2.75) is 4.12 Å². The number of carbonyl (C=O) groups is 1. The molecule has 1 aromatic rings. The summed E-state index contributed by atoms with van der Waals surface area (Å²) in [4.78, 5) is 22.6. The molecular formula is C10H9F2INO4-. The average Bonchev–Trinajstić information content (AvgIpc) is 2.36. The SMILES string of the molecule is COc1cc(OC(F)(F)[I-]C)cc(C(=O)N=O)c1. The molecular weight excluding hydrogens is 363 g/mol. The van der Waals surface area contributed by atoms with Crippen molar-refractivity contribution >= 4 is 5.91 Å². The number of halogens is 3. The molecule has 0 bridgehead atoms. The van der Waals surface area contributed by atoms with Gasteiger partial charge in [-0.25, -0.2) is 0 Å². The van der Waals surface area contributed by atoms with Gasteiger partial charge in [0.05, 0.1) is 0 Å². The molecule has 0 fully saturated rings. The van der Waals surface area contributed by atoms with E-state index in [1.54, 1.807) is 0 Å². The summed E-state index contributed by atoms with van der Waals surface area (Å²) in [5, 5.41) is 2.21. The van der Waals surface area contributed by atoms with E-state index in [2.05, 4.69) is 9.91 Å². The molecule has 0 aliphatic rings. The number of benzene rings is 1. The molecule has 18 heavy (non-hydrogen) atoms. The molecule has 0 spiro atoms. The Labute approximate surface area is 112 Å². The van der Waals surface area contributed by atoms with Gasteiger partial charge >= 0.3 is 112 Å². The van der Waals surface area contributed by atoms with Crippen molar-refractivity contribution in [3.8, 4) is 11.5 Å². The third-order valence-electron chi connectivity index (χ3n) is 1.90. The standard InChI is InChI=1S/C10H9F2INO4/c1-13-10(11,12)18-8-4-6(9(15)14-16)3-7(5-8)17-2/h3-5H,1-2H3/q-1. The topological polar surface area (TPSA) is 65.0 Å². The summed E-state index contributed by atoms with van der Waals surface area (Å²) in [7, 11) is 1.30. The van der Waals surface area contributed by atoms with Gasteiger partial charge in [-0.05, 0) is 0 Å². The number of amides is 1. The number of nitrogens with zero attached hydrogens (tertiary/aromatic N) is 1. The second-order valence-corrected chi connectivity index (χ2v) is 5.37. The Bertz CT molecular complexity index is 467. The fourth-order valence-electron chi connectivity index (χ4n) is 1.10. The predicted molar refractivity (Wildman–Crippen MR) is 54.6 cm³/mol. The van der Waals surface area contributed by atoms with Crippen LogP contribution in [-0.4, -0.2) is 22.1 Å². The second-order valence-electron chi connectivity index (χ2n) is 3.03. The minimum atomic E-state index is -3.25. The van der Waals surface area contributed by atoms with E-state index in [0.717, 1.165) is 6.07 Å². The summed E-state index contributed by atoms with van der Waals surface area (Å²) in [6, 6.07) is 3.45. The molecule has 0 atom stereocenters. The fraction of sp³-hybridized carbons (Fsp3) is 0.300. The van der Waals surface area contributed by atoms with Crippen LogP contribution in [0.25, 0.3) is 0 Å². The van der Waals surface area contributed by atoms with Gasteiger partial charge in [0, 0.05) is 0 Å². The van der Waals surface area contributed by atoms with Gasteiger partial charge in [-0.1, -0.05) is 0 Å². The summed E-state index contributed by atoms with van der Waals surface area (Å²) in [5.41, 5.74) is -0.163. The molecule has 0 saturated heterocycles. The van der Waals surface area contributed by atoms with E-state index in [4.69, 9.17) is 4.74 Å². The van der Waals surface area contributed by atoms with Crippen molar-refractivity contribution in [3.05, 3.63) is 28.7 Å². The Morgan fingerprint density at radius 1 is 1.33 bits per heavy atom. The first kappa shape index (κ1) is 14.7. The Kier molecular flexibility index (Phi) is 4.93. The Morgan fingerprint density at radius 3 is 2.44 bits per heavy atom. The molecule has 0 radical (unpaired) electrons. The second kappa shape index (κ2) is 6.03. The summed E-state index contributed by atoms with van der Waals surface area (Å²) >= 11 is -1.48. The van der Waals surface area contributed by atoms with E-state index < -0.39 is 31.2 Å². The van der Waals surface area contributed by atoms with E-state index in [-0.39, 0.29) is 17.1 Å². The van der Waals surface area contributed by atoms with Crippen molar-refractivity contribution < 1.29 is 44.3 Å². The fourth-order valence-corrected chi connectivity index (χ4v) is 1.57. The Morgan fingerprint density at radius 2 is 1.94 bits per heavy atom. The molecule has 0 N–H and O–H groups in total. The number of carbonyl (C=O) groups excluding carboxylic acids is 1. The Balaban J connectivity index is 3.12. The van der Waals surface area contributed by atoms with Gasteiger partial charge in [0.2, 0.25) is 0 Å². The molecule has 0 unspecified atom stereocenters. The molecule has 0 saturated carbocycles. The molecule has 5 nitrogen and oxygen atoms in total. The molecule has 0 aliphatic carbocycles. The van der Waals surface area contributed by atoms with Crippen molar-refractivity contribution in [1.82, 2.24) is 0 Å². The number of rotatable bonds is 5. The Hall–Kier alpha value is -1.32. The monoisotopic (exact) mass is 372 g/mol. The molecule has 0 heterocycles. The van der Waals surface area contributed by atoms with Gasteiger partial charge in [-0.3, -0.25) is 0 Å². The molecule has 0 aromatic heterocycles. The number of methoxy groups -OCH3 is 1. The van der Waals surface area contributed by atoms with Crippen LogP contribution in [0.4, 0.5) is 8.78 Å². The zero-order chi connectivity index (χ0) is 13.8. The number of alkyl halides is 4. The zero-order valence-electron chi connectivity index (χ0n) is 9.45.